The van der Waals surface area contributed by atoms with Gasteiger partial charge in [0.25, 0.3) is 11.8 Å². The first-order valence-corrected chi connectivity index (χ1v) is 7.99. The Balaban J connectivity index is 1.60. The van der Waals surface area contributed by atoms with Crippen LogP contribution in [-0.4, -0.2) is 40.1 Å². The number of hydrogen-bond donors (Lipinski definition) is 0. The minimum absolute atomic E-state index is 0.0924. The molecule has 1 aromatic heterocycles. The second kappa shape index (κ2) is 7.09. The monoisotopic (exact) mass is 333 g/mol. The van der Waals surface area contributed by atoms with Gasteiger partial charge in [0.05, 0.1) is 6.10 Å². The van der Waals surface area contributed by atoms with Crippen LogP contribution in [0.3, 0.4) is 0 Å². The smallest absolute Gasteiger partial charge is 0.254 e. The fourth-order valence-corrected chi connectivity index (χ4v) is 2.75. The van der Waals surface area contributed by atoms with Gasteiger partial charge in [-0.15, -0.1) is 0 Å². The Morgan fingerprint density at radius 3 is 3.00 bits per heavy atom. The summed E-state index contributed by atoms with van der Waals surface area (Å²) in [7, 11) is 0. The van der Waals surface area contributed by atoms with E-state index in [-0.39, 0.29) is 24.4 Å². The van der Waals surface area contributed by atoms with E-state index < -0.39 is 0 Å². The first-order chi connectivity index (χ1) is 11.5. The van der Waals surface area contributed by atoms with Crippen LogP contribution in [0.5, 0.6) is 0 Å². The number of benzene rings is 1. The Morgan fingerprint density at radius 1 is 1.46 bits per heavy atom. The highest BCUT2D eigenvalue weighted by Gasteiger charge is 2.25. The van der Waals surface area contributed by atoms with Crippen LogP contribution in [0, 0.1) is 19.7 Å². The second-order valence-corrected chi connectivity index (χ2v) is 6.03. The molecule has 0 bridgehead atoms. The molecule has 1 atom stereocenters. The predicted molar refractivity (Wildman–Crippen MR) is 83.9 cm³/mol. The van der Waals surface area contributed by atoms with Crippen molar-refractivity contribution in [1.82, 2.24) is 15.0 Å². The quantitative estimate of drug-likeness (QED) is 0.860. The molecule has 1 aromatic carbocycles. The molecule has 128 valence electrons. The Morgan fingerprint density at radius 2 is 2.29 bits per heavy atom. The number of halogens is 1. The van der Waals surface area contributed by atoms with Gasteiger partial charge in [0.1, 0.15) is 12.4 Å². The number of carbonyl (C=O) groups is 1. The summed E-state index contributed by atoms with van der Waals surface area (Å²) < 4.78 is 24.5. The topological polar surface area (TPSA) is 68.5 Å². The molecule has 0 unspecified atom stereocenters. The van der Waals surface area contributed by atoms with E-state index in [0.29, 0.717) is 35.9 Å². The van der Waals surface area contributed by atoms with Gasteiger partial charge < -0.3 is 14.2 Å². The van der Waals surface area contributed by atoms with Crippen LogP contribution in [0.4, 0.5) is 4.39 Å². The Labute approximate surface area is 139 Å². The van der Waals surface area contributed by atoms with E-state index in [2.05, 4.69) is 10.1 Å². The van der Waals surface area contributed by atoms with E-state index in [0.717, 1.165) is 12.8 Å². The first-order valence-electron chi connectivity index (χ1n) is 7.99. The molecule has 2 aromatic rings. The molecule has 0 N–H and O–H groups in total. The lowest BCUT2D eigenvalue weighted by molar-refractivity contribution is -0.0153. The molecule has 3 rings (SSSR count). The van der Waals surface area contributed by atoms with Crippen LogP contribution < -0.4 is 0 Å². The van der Waals surface area contributed by atoms with Crippen molar-refractivity contribution < 1.29 is 18.4 Å². The van der Waals surface area contributed by atoms with Gasteiger partial charge in [-0.05, 0) is 44.4 Å². The number of aromatic nitrogens is 2. The largest absolute Gasteiger partial charge is 0.367 e. The Hall–Kier alpha value is -2.28. The van der Waals surface area contributed by atoms with Crippen molar-refractivity contribution in [3.8, 4) is 0 Å². The molecule has 6 nitrogen and oxygen atoms in total. The van der Waals surface area contributed by atoms with E-state index in [1.807, 2.05) is 0 Å². The van der Waals surface area contributed by atoms with E-state index >= 15 is 0 Å². The van der Waals surface area contributed by atoms with Crippen molar-refractivity contribution in [2.75, 3.05) is 13.1 Å². The van der Waals surface area contributed by atoms with Gasteiger partial charge >= 0.3 is 0 Å². The van der Waals surface area contributed by atoms with Gasteiger partial charge in [-0.1, -0.05) is 11.2 Å². The van der Waals surface area contributed by atoms with Crippen LogP contribution in [-0.2, 0) is 11.3 Å². The highest BCUT2D eigenvalue weighted by Crippen LogP contribution is 2.18. The maximum Gasteiger partial charge on any atom is 0.254 e. The summed E-state index contributed by atoms with van der Waals surface area (Å²) in [5, 5.41) is 3.71. The molecule has 1 fully saturated rings. The molecule has 1 aliphatic heterocycles. The number of nitrogens with zero attached hydrogens (tertiary/aromatic N) is 3. The summed E-state index contributed by atoms with van der Waals surface area (Å²) in [6, 6.07) is 4.58. The maximum atomic E-state index is 13.7. The van der Waals surface area contributed by atoms with Crippen molar-refractivity contribution in [2.24, 2.45) is 0 Å². The van der Waals surface area contributed by atoms with E-state index in [1.54, 1.807) is 30.9 Å². The van der Waals surface area contributed by atoms with E-state index in [9.17, 15) is 9.18 Å². The summed E-state index contributed by atoms with van der Waals surface area (Å²) >= 11 is 0. The average Bonchev–Trinajstić information content (AvgIpc) is 3.00. The maximum absolute atomic E-state index is 13.7. The average molecular weight is 333 g/mol. The van der Waals surface area contributed by atoms with Gasteiger partial charge in [-0.25, -0.2) is 4.39 Å². The van der Waals surface area contributed by atoms with Gasteiger partial charge in [0, 0.05) is 18.7 Å². The van der Waals surface area contributed by atoms with Crippen LogP contribution in [0.2, 0.25) is 0 Å². The summed E-state index contributed by atoms with van der Waals surface area (Å²) in [4.78, 5) is 18.3. The molecule has 2 heterocycles. The van der Waals surface area contributed by atoms with Crippen molar-refractivity contribution in [3.63, 3.8) is 0 Å². The summed E-state index contributed by atoms with van der Waals surface area (Å²) in [6.07, 6.45) is 1.61. The van der Waals surface area contributed by atoms with Crippen LogP contribution in [0.15, 0.2) is 22.7 Å². The number of carbonyl (C=O) groups excluding carboxylic acids is 1. The molecule has 1 saturated heterocycles. The SMILES string of the molecule is Cc1noc(CO[C@@H]2CCCN(C(=O)c3ccc(C)c(F)c3)C2)n1. The molecule has 0 radical (unpaired) electrons. The van der Waals surface area contributed by atoms with Gasteiger partial charge in [0.2, 0.25) is 0 Å². The van der Waals surface area contributed by atoms with E-state index in [1.165, 1.54) is 6.07 Å². The lowest BCUT2D eigenvalue weighted by Crippen LogP contribution is -2.43. The zero-order valence-corrected chi connectivity index (χ0v) is 13.8. The summed E-state index contributed by atoms with van der Waals surface area (Å²) in [6.45, 7) is 4.77. The standard InChI is InChI=1S/C17H20FN3O3/c1-11-5-6-13(8-15(11)18)17(22)21-7-3-4-14(9-21)23-10-16-19-12(2)20-24-16/h5-6,8,14H,3-4,7,9-10H2,1-2H3/t14-/m1/s1. The number of ether oxygens (including phenoxy) is 1. The van der Waals surface area contributed by atoms with Crippen LogP contribution in [0.1, 0.15) is 40.5 Å². The fourth-order valence-electron chi connectivity index (χ4n) is 2.75. The zero-order chi connectivity index (χ0) is 17.1. The lowest BCUT2D eigenvalue weighted by Gasteiger charge is -2.32. The third-order valence-electron chi connectivity index (χ3n) is 4.10. The Bertz CT molecular complexity index is 732. The van der Waals surface area contributed by atoms with E-state index in [4.69, 9.17) is 9.26 Å². The van der Waals surface area contributed by atoms with Crippen LogP contribution >= 0.6 is 0 Å². The third kappa shape index (κ3) is 3.79. The Kier molecular flexibility index (Phi) is 4.89. The van der Waals surface area contributed by atoms with Crippen molar-refractivity contribution in [3.05, 3.63) is 46.9 Å². The second-order valence-electron chi connectivity index (χ2n) is 6.03. The number of rotatable bonds is 4. The van der Waals surface area contributed by atoms with Crippen LogP contribution in [0.25, 0.3) is 0 Å². The normalized spacial score (nSPS) is 18.0. The first kappa shape index (κ1) is 16.6. The number of aryl methyl sites for hydroxylation is 2. The molecule has 24 heavy (non-hydrogen) atoms. The highest BCUT2D eigenvalue weighted by atomic mass is 19.1. The number of hydrogen-bond acceptors (Lipinski definition) is 5. The van der Waals surface area contributed by atoms with Crippen molar-refractivity contribution in [2.45, 2.75) is 39.4 Å². The molecule has 1 aliphatic rings. The number of amides is 1. The minimum Gasteiger partial charge on any atom is -0.367 e. The molecular formula is C17H20FN3O3. The predicted octanol–water partition coefficient (Wildman–Crippen LogP) is 2.65. The summed E-state index contributed by atoms with van der Waals surface area (Å²) in [5.41, 5.74) is 0.896. The zero-order valence-electron chi connectivity index (χ0n) is 13.8. The molecule has 1 amide bonds. The van der Waals surface area contributed by atoms with Gasteiger partial charge in [0.15, 0.2) is 5.82 Å². The molecule has 7 heteroatoms. The minimum atomic E-state index is -0.363. The highest BCUT2D eigenvalue weighted by molar-refractivity contribution is 5.94. The molecule has 0 spiro atoms. The molecule has 0 aliphatic carbocycles. The van der Waals surface area contributed by atoms with Gasteiger partial charge in [-0.2, -0.15) is 4.98 Å². The third-order valence-corrected chi connectivity index (χ3v) is 4.10. The fraction of sp³-hybridized carbons (Fsp3) is 0.471. The number of piperidine rings is 1. The lowest BCUT2D eigenvalue weighted by atomic mass is 10.1. The molecular weight excluding hydrogens is 313 g/mol. The van der Waals surface area contributed by atoms with Crippen molar-refractivity contribution >= 4 is 5.91 Å². The van der Waals surface area contributed by atoms with Crippen molar-refractivity contribution in [1.29, 1.82) is 0 Å². The summed E-state index contributed by atoms with van der Waals surface area (Å²) in [5.74, 6) is 0.459. The van der Waals surface area contributed by atoms with Gasteiger partial charge in [-0.3, -0.25) is 4.79 Å². The number of likely N-dealkylation sites (tertiary alicyclic amines) is 1. The molecule has 0 saturated carbocycles.